The molecule has 1 heterocycles. The molecule has 8 heteroatoms. The molecular weight excluding hydrogens is 330 g/mol. The molecule has 0 aromatic heterocycles. The van der Waals surface area contributed by atoms with E-state index >= 15 is 0 Å². The quantitative estimate of drug-likeness (QED) is 0.783. The summed E-state index contributed by atoms with van der Waals surface area (Å²) in [6.07, 6.45) is 3.43. The van der Waals surface area contributed by atoms with Crippen LogP contribution >= 0.6 is 0 Å². The molecule has 0 saturated heterocycles. The number of aliphatic imine (C=N–C) groups is 1. The number of carbonyl (C=O) groups excluding carboxylic acids is 1. The molecule has 1 aliphatic rings. The van der Waals surface area contributed by atoms with Crippen LogP contribution in [0.25, 0.3) is 0 Å². The van der Waals surface area contributed by atoms with Crippen LogP contribution < -0.4 is 10.5 Å². The Labute approximate surface area is 138 Å². The average molecular weight is 345 g/mol. The standard InChI is InChI=1S/C16H15N3O4S/c17-16(21)13-9-12(4-6-15(13)20)24(22,23)19-11-3-5-14-10(8-11)2-1-7-18-14/h3-9,19-20H,1-2H2,(H2,17,21). The summed E-state index contributed by atoms with van der Waals surface area (Å²) in [5, 5.41) is 9.56. The fourth-order valence-corrected chi connectivity index (χ4v) is 3.53. The Morgan fingerprint density at radius 2 is 2.00 bits per heavy atom. The number of carbonyl (C=O) groups is 1. The van der Waals surface area contributed by atoms with Gasteiger partial charge in [0.2, 0.25) is 0 Å². The summed E-state index contributed by atoms with van der Waals surface area (Å²) in [5.74, 6) is -1.27. The lowest BCUT2D eigenvalue weighted by Crippen LogP contribution is -2.16. The van der Waals surface area contributed by atoms with Crippen LogP contribution in [0.5, 0.6) is 5.75 Å². The van der Waals surface area contributed by atoms with Crippen molar-refractivity contribution in [1.82, 2.24) is 0 Å². The number of fused-ring (bicyclic) bond motifs is 1. The van der Waals surface area contributed by atoms with Crippen LogP contribution in [0.15, 0.2) is 46.3 Å². The SMILES string of the molecule is NC(=O)c1cc(S(=O)(=O)Nc2ccc3c(c2)CCC=N3)ccc1O. The lowest BCUT2D eigenvalue weighted by atomic mass is 10.1. The summed E-state index contributed by atoms with van der Waals surface area (Å²) in [5.41, 5.74) is 7.06. The maximum absolute atomic E-state index is 12.5. The van der Waals surface area contributed by atoms with Crippen LogP contribution in [-0.4, -0.2) is 25.6 Å². The van der Waals surface area contributed by atoms with E-state index in [1.54, 1.807) is 18.2 Å². The first-order chi connectivity index (χ1) is 11.4. The molecule has 124 valence electrons. The van der Waals surface area contributed by atoms with Gasteiger partial charge in [-0.1, -0.05) is 0 Å². The van der Waals surface area contributed by atoms with E-state index in [0.717, 1.165) is 36.2 Å². The molecule has 1 amide bonds. The third kappa shape index (κ3) is 3.09. The second-order valence-corrected chi connectivity index (χ2v) is 7.02. The Morgan fingerprint density at radius 3 is 2.75 bits per heavy atom. The van der Waals surface area contributed by atoms with E-state index in [2.05, 4.69) is 9.71 Å². The maximum atomic E-state index is 12.5. The van der Waals surface area contributed by atoms with E-state index in [4.69, 9.17) is 5.73 Å². The van der Waals surface area contributed by atoms with Crippen molar-refractivity contribution in [3.05, 3.63) is 47.5 Å². The fraction of sp³-hybridized carbons (Fsp3) is 0.125. The van der Waals surface area contributed by atoms with Gasteiger partial charge in [0.25, 0.3) is 15.9 Å². The molecule has 7 nitrogen and oxygen atoms in total. The Hall–Kier alpha value is -2.87. The number of benzene rings is 2. The lowest BCUT2D eigenvalue weighted by Gasteiger charge is -2.13. The van der Waals surface area contributed by atoms with E-state index in [1.807, 2.05) is 6.21 Å². The van der Waals surface area contributed by atoms with Gasteiger partial charge in [-0.25, -0.2) is 8.42 Å². The van der Waals surface area contributed by atoms with Crippen LogP contribution in [-0.2, 0) is 16.4 Å². The van der Waals surface area contributed by atoms with Gasteiger partial charge in [0.15, 0.2) is 0 Å². The predicted molar refractivity (Wildman–Crippen MR) is 90.3 cm³/mol. The van der Waals surface area contributed by atoms with Gasteiger partial charge in [-0.05, 0) is 54.8 Å². The normalized spacial score (nSPS) is 13.3. The van der Waals surface area contributed by atoms with E-state index in [1.165, 1.54) is 6.07 Å². The van der Waals surface area contributed by atoms with E-state index < -0.39 is 15.9 Å². The minimum absolute atomic E-state index is 0.162. The first kappa shape index (κ1) is 16.0. The van der Waals surface area contributed by atoms with Crippen LogP contribution in [0.4, 0.5) is 11.4 Å². The third-order valence-electron chi connectivity index (χ3n) is 3.65. The smallest absolute Gasteiger partial charge is 0.261 e. The maximum Gasteiger partial charge on any atom is 0.261 e. The van der Waals surface area contributed by atoms with Crippen LogP contribution in [0.3, 0.4) is 0 Å². The van der Waals surface area contributed by atoms with Crippen LogP contribution in [0.2, 0.25) is 0 Å². The number of nitrogens with one attached hydrogen (secondary N) is 1. The number of primary amides is 1. The molecule has 0 atom stereocenters. The number of aromatic hydroxyl groups is 1. The highest BCUT2D eigenvalue weighted by Gasteiger charge is 2.19. The van der Waals surface area contributed by atoms with Crippen molar-refractivity contribution in [1.29, 1.82) is 0 Å². The van der Waals surface area contributed by atoms with Gasteiger partial charge >= 0.3 is 0 Å². The minimum atomic E-state index is -3.92. The van der Waals surface area contributed by atoms with E-state index in [-0.39, 0.29) is 16.2 Å². The molecule has 1 aliphatic heterocycles. The summed E-state index contributed by atoms with van der Waals surface area (Å²) in [6, 6.07) is 8.47. The summed E-state index contributed by atoms with van der Waals surface area (Å²) < 4.78 is 27.4. The first-order valence-electron chi connectivity index (χ1n) is 7.18. The zero-order valence-corrected chi connectivity index (χ0v) is 13.4. The highest BCUT2D eigenvalue weighted by Crippen LogP contribution is 2.28. The van der Waals surface area contributed by atoms with Gasteiger partial charge < -0.3 is 10.8 Å². The summed E-state index contributed by atoms with van der Waals surface area (Å²) in [4.78, 5) is 15.3. The van der Waals surface area contributed by atoms with Gasteiger partial charge in [0.1, 0.15) is 5.75 Å². The predicted octanol–water partition coefficient (Wildman–Crippen LogP) is 1.94. The Kier molecular flexibility index (Phi) is 3.98. The van der Waals surface area contributed by atoms with Crippen molar-refractivity contribution in [2.75, 3.05) is 4.72 Å². The van der Waals surface area contributed by atoms with Gasteiger partial charge in [-0.3, -0.25) is 14.5 Å². The van der Waals surface area contributed by atoms with Crippen molar-refractivity contribution in [2.45, 2.75) is 17.7 Å². The van der Waals surface area contributed by atoms with Crippen molar-refractivity contribution in [3.63, 3.8) is 0 Å². The topological polar surface area (TPSA) is 122 Å². The number of sulfonamides is 1. The molecule has 2 aromatic rings. The number of anilines is 1. The number of phenols is 1. The Bertz CT molecular complexity index is 952. The second kappa shape index (κ2) is 5.97. The second-order valence-electron chi connectivity index (χ2n) is 5.34. The number of rotatable bonds is 4. The number of nitrogens with zero attached hydrogens (tertiary/aromatic N) is 1. The molecule has 3 rings (SSSR count). The van der Waals surface area contributed by atoms with Crippen molar-refractivity contribution in [3.8, 4) is 5.75 Å². The Balaban J connectivity index is 1.93. The molecule has 0 spiro atoms. The summed E-state index contributed by atoms with van der Waals surface area (Å²) >= 11 is 0. The Morgan fingerprint density at radius 1 is 1.21 bits per heavy atom. The monoisotopic (exact) mass is 345 g/mol. The molecule has 4 N–H and O–H groups in total. The number of amides is 1. The molecule has 0 fully saturated rings. The highest BCUT2D eigenvalue weighted by molar-refractivity contribution is 7.92. The number of aryl methyl sites for hydroxylation is 1. The molecule has 2 aromatic carbocycles. The van der Waals surface area contributed by atoms with Crippen molar-refractivity contribution >= 4 is 33.5 Å². The third-order valence-corrected chi connectivity index (χ3v) is 5.03. The molecule has 0 unspecified atom stereocenters. The zero-order chi connectivity index (χ0) is 17.3. The molecule has 0 bridgehead atoms. The first-order valence-corrected chi connectivity index (χ1v) is 8.66. The number of hydrogen-bond donors (Lipinski definition) is 3. The van der Waals surface area contributed by atoms with Gasteiger partial charge in [0, 0.05) is 11.9 Å². The fourth-order valence-electron chi connectivity index (χ4n) is 2.45. The molecule has 0 radical (unpaired) electrons. The molecule has 0 aliphatic carbocycles. The highest BCUT2D eigenvalue weighted by atomic mass is 32.2. The molecule has 0 saturated carbocycles. The van der Waals surface area contributed by atoms with Gasteiger partial charge in [-0.15, -0.1) is 0 Å². The average Bonchev–Trinajstić information content (AvgIpc) is 2.54. The molecular formula is C16H15N3O4S. The molecule has 24 heavy (non-hydrogen) atoms. The largest absolute Gasteiger partial charge is 0.507 e. The van der Waals surface area contributed by atoms with Crippen molar-refractivity contribution in [2.24, 2.45) is 10.7 Å². The van der Waals surface area contributed by atoms with Gasteiger partial charge in [0.05, 0.1) is 16.1 Å². The zero-order valence-electron chi connectivity index (χ0n) is 12.6. The summed E-state index contributed by atoms with van der Waals surface area (Å²) in [7, 11) is -3.92. The van der Waals surface area contributed by atoms with Crippen LogP contribution in [0.1, 0.15) is 22.3 Å². The lowest BCUT2D eigenvalue weighted by molar-refractivity contribution is 0.0997. The van der Waals surface area contributed by atoms with E-state index in [9.17, 15) is 18.3 Å². The van der Waals surface area contributed by atoms with Crippen LogP contribution in [0, 0.1) is 0 Å². The summed E-state index contributed by atoms with van der Waals surface area (Å²) in [6.45, 7) is 0. The van der Waals surface area contributed by atoms with E-state index in [0.29, 0.717) is 5.69 Å². The van der Waals surface area contributed by atoms with Crippen molar-refractivity contribution < 1.29 is 18.3 Å². The van der Waals surface area contributed by atoms with Gasteiger partial charge in [-0.2, -0.15) is 0 Å². The number of hydrogen-bond acceptors (Lipinski definition) is 5. The minimum Gasteiger partial charge on any atom is -0.507 e. The number of nitrogens with two attached hydrogens (primary N) is 1.